The minimum absolute atomic E-state index is 0.496. The van der Waals surface area contributed by atoms with Gasteiger partial charge in [0, 0.05) is 0 Å². The van der Waals surface area contributed by atoms with E-state index in [4.69, 9.17) is 17.3 Å². The number of fused-ring (bicyclic) bond motifs is 1. The summed E-state index contributed by atoms with van der Waals surface area (Å²) in [6.07, 6.45) is 0. The molecule has 1 heterocycles. The summed E-state index contributed by atoms with van der Waals surface area (Å²) in [4.78, 5) is 0. The van der Waals surface area contributed by atoms with Gasteiger partial charge >= 0.3 is 0 Å². The van der Waals surface area contributed by atoms with Crippen LogP contribution in [-0.2, 0) is 0 Å². The summed E-state index contributed by atoms with van der Waals surface area (Å²) in [5.41, 5.74) is 7.09. The number of nitrogen functional groups attached to an aromatic ring is 1. The maximum absolute atomic E-state index is 5.75. The molecule has 2 N–H and O–H groups in total. The molecule has 2 rings (SSSR count). The molecule has 1 aromatic heterocycles. The van der Waals surface area contributed by atoms with Crippen LogP contribution >= 0.6 is 11.6 Å². The summed E-state index contributed by atoms with van der Waals surface area (Å²) in [6.45, 7) is 0. The van der Waals surface area contributed by atoms with Gasteiger partial charge in [-0.2, -0.15) is 0 Å². The van der Waals surface area contributed by atoms with Crippen LogP contribution in [0.4, 0.5) is 5.69 Å². The average molecular weight is 170 g/mol. The second-order valence-corrected chi connectivity index (χ2v) is 2.51. The SMILES string of the molecule is Nc1ccc(Cl)c2nonc12. The van der Waals surface area contributed by atoms with Crippen molar-refractivity contribution in [1.82, 2.24) is 10.3 Å². The molecule has 0 amide bonds. The Hall–Kier alpha value is -1.29. The van der Waals surface area contributed by atoms with Gasteiger partial charge in [-0.1, -0.05) is 11.6 Å². The molecular formula is C6H4ClN3O. The molecule has 2 aromatic rings. The maximum atomic E-state index is 5.75. The molecular weight excluding hydrogens is 166 g/mol. The van der Waals surface area contributed by atoms with Crippen LogP contribution in [-0.4, -0.2) is 10.3 Å². The third-order valence-corrected chi connectivity index (χ3v) is 1.70. The van der Waals surface area contributed by atoms with Gasteiger partial charge in [0.2, 0.25) is 0 Å². The predicted molar refractivity (Wildman–Crippen MR) is 41.2 cm³/mol. The molecule has 0 fully saturated rings. The molecule has 0 unspecified atom stereocenters. The Balaban J connectivity index is 2.96. The van der Waals surface area contributed by atoms with Crippen LogP contribution in [0.1, 0.15) is 0 Å². The fraction of sp³-hybridized carbons (Fsp3) is 0. The van der Waals surface area contributed by atoms with Gasteiger partial charge < -0.3 is 5.73 Å². The van der Waals surface area contributed by atoms with Crippen molar-refractivity contribution in [1.29, 1.82) is 0 Å². The van der Waals surface area contributed by atoms with Crippen molar-refractivity contribution in [3.05, 3.63) is 17.2 Å². The number of hydrogen-bond donors (Lipinski definition) is 1. The van der Waals surface area contributed by atoms with Crippen molar-refractivity contribution >= 4 is 28.3 Å². The lowest BCUT2D eigenvalue weighted by molar-refractivity contribution is 0.315. The minimum atomic E-state index is 0.496. The first kappa shape index (κ1) is 6.42. The number of halogens is 1. The zero-order valence-electron chi connectivity index (χ0n) is 5.41. The average Bonchev–Trinajstić information content (AvgIpc) is 2.45. The van der Waals surface area contributed by atoms with Gasteiger partial charge in [-0.25, -0.2) is 4.63 Å². The fourth-order valence-electron chi connectivity index (χ4n) is 0.855. The molecule has 1 aromatic carbocycles. The smallest absolute Gasteiger partial charge is 0.159 e. The molecule has 4 nitrogen and oxygen atoms in total. The number of benzene rings is 1. The number of nitrogens with two attached hydrogens (primary N) is 1. The zero-order valence-corrected chi connectivity index (χ0v) is 6.17. The van der Waals surface area contributed by atoms with Gasteiger partial charge in [0.1, 0.15) is 0 Å². The van der Waals surface area contributed by atoms with Gasteiger partial charge in [-0.3, -0.25) is 0 Å². The normalized spacial score (nSPS) is 10.6. The Bertz CT molecular complexity index is 362. The summed E-state index contributed by atoms with van der Waals surface area (Å²) >= 11 is 5.75. The molecule has 0 spiro atoms. The van der Waals surface area contributed by atoms with Gasteiger partial charge in [-0.05, 0) is 22.4 Å². The quantitative estimate of drug-likeness (QED) is 0.607. The molecule has 5 heteroatoms. The maximum Gasteiger partial charge on any atom is 0.159 e. The lowest BCUT2D eigenvalue weighted by atomic mass is 10.3. The van der Waals surface area contributed by atoms with Crippen LogP contribution in [0.15, 0.2) is 16.8 Å². The highest BCUT2D eigenvalue weighted by Gasteiger charge is 2.06. The molecule has 0 radical (unpaired) electrons. The minimum Gasteiger partial charge on any atom is -0.397 e. The summed E-state index contributed by atoms with van der Waals surface area (Å²) in [6, 6.07) is 3.32. The van der Waals surface area contributed by atoms with E-state index in [0.29, 0.717) is 21.7 Å². The lowest BCUT2D eigenvalue weighted by Crippen LogP contribution is -1.85. The molecule has 56 valence electrons. The lowest BCUT2D eigenvalue weighted by Gasteiger charge is -1.91. The Kier molecular flexibility index (Phi) is 1.22. The Morgan fingerprint density at radius 1 is 1.27 bits per heavy atom. The van der Waals surface area contributed by atoms with E-state index in [9.17, 15) is 0 Å². The summed E-state index contributed by atoms with van der Waals surface area (Å²) in [5, 5.41) is 7.66. The molecule has 0 saturated heterocycles. The summed E-state index contributed by atoms with van der Waals surface area (Å²) in [7, 11) is 0. The van der Waals surface area contributed by atoms with Crippen LogP contribution in [0.2, 0.25) is 5.02 Å². The summed E-state index contributed by atoms with van der Waals surface area (Å²) in [5.74, 6) is 0. The Labute approximate surface area is 66.9 Å². The molecule has 11 heavy (non-hydrogen) atoms. The summed E-state index contributed by atoms with van der Waals surface area (Å²) < 4.78 is 4.46. The van der Waals surface area contributed by atoms with Crippen molar-refractivity contribution in [3.63, 3.8) is 0 Å². The topological polar surface area (TPSA) is 64.9 Å². The van der Waals surface area contributed by atoms with Crippen molar-refractivity contribution in [3.8, 4) is 0 Å². The molecule has 0 atom stereocenters. The highest BCUT2D eigenvalue weighted by Crippen LogP contribution is 2.24. The van der Waals surface area contributed by atoms with Gasteiger partial charge in [0.15, 0.2) is 11.0 Å². The number of aromatic nitrogens is 2. The third kappa shape index (κ3) is 0.832. The Morgan fingerprint density at radius 2 is 2.00 bits per heavy atom. The molecule has 0 aliphatic carbocycles. The van der Waals surface area contributed by atoms with E-state index in [-0.39, 0.29) is 0 Å². The predicted octanol–water partition coefficient (Wildman–Crippen LogP) is 1.46. The highest BCUT2D eigenvalue weighted by molar-refractivity contribution is 6.35. The van der Waals surface area contributed by atoms with Crippen molar-refractivity contribution in [2.24, 2.45) is 0 Å². The van der Waals surface area contributed by atoms with E-state index in [1.165, 1.54) is 0 Å². The van der Waals surface area contributed by atoms with Gasteiger partial charge in [0.05, 0.1) is 10.7 Å². The van der Waals surface area contributed by atoms with E-state index >= 15 is 0 Å². The number of rotatable bonds is 0. The second-order valence-electron chi connectivity index (χ2n) is 2.10. The first-order chi connectivity index (χ1) is 5.29. The van der Waals surface area contributed by atoms with Crippen LogP contribution in [0.5, 0.6) is 0 Å². The zero-order chi connectivity index (χ0) is 7.84. The van der Waals surface area contributed by atoms with Gasteiger partial charge in [-0.15, -0.1) is 0 Å². The molecule has 0 aliphatic rings. The fourth-order valence-corrected chi connectivity index (χ4v) is 1.04. The van der Waals surface area contributed by atoms with E-state index in [2.05, 4.69) is 14.9 Å². The molecule has 0 bridgehead atoms. The number of anilines is 1. The highest BCUT2D eigenvalue weighted by atomic mass is 35.5. The third-order valence-electron chi connectivity index (χ3n) is 1.40. The van der Waals surface area contributed by atoms with Crippen molar-refractivity contribution in [2.75, 3.05) is 5.73 Å². The van der Waals surface area contributed by atoms with E-state index in [1.807, 2.05) is 0 Å². The van der Waals surface area contributed by atoms with E-state index < -0.39 is 0 Å². The first-order valence-corrected chi connectivity index (χ1v) is 3.33. The van der Waals surface area contributed by atoms with Crippen LogP contribution in [0, 0.1) is 0 Å². The number of nitrogens with zero attached hydrogens (tertiary/aromatic N) is 2. The largest absolute Gasteiger partial charge is 0.397 e. The number of hydrogen-bond acceptors (Lipinski definition) is 4. The van der Waals surface area contributed by atoms with Crippen LogP contribution in [0.3, 0.4) is 0 Å². The van der Waals surface area contributed by atoms with Crippen molar-refractivity contribution in [2.45, 2.75) is 0 Å². The Morgan fingerprint density at radius 3 is 2.73 bits per heavy atom. The molecule has 0 aliphatic heterocycles. The van der Waals surface area contributed by atoms with E-state index in [0.717, 1.165) is 0 Å². The van der Waals surface area contributed by atoms with Crippen molar-refractivity contribution < 1.29 is 4.63 Å². The first-order valence-electron chi connectivity index (χ1n) is 2.95. The van der Waals surface area contributed by atoms with Crippen LogP contribution < -0.4 is 5.73 Å². The van der Waals surface area contributed by atoms with E-state index in [1.54, 1.807) is 12.1 Å². The monoisotopic (exact) mass is 169 g/mol. The van der Waals surface area contributed by atoms with Crippen LogP contribution in [0.25, 0.3) is 11.0 Å². The standard InChI is InChI=1S/C6H4ClN3O/c7-3-1-2-4(8)6-5(3)9-11-10-6/h1-2H,8H2. The second kappa shape index (κ2) is 2.10. The molecule has 0 saturated carbocycles. The van der Waals surface area contributed by atoms with Gasteiger partial charge in [0.25, 0.3) is 0 Å².